The number of hydrogen-bond acceptors (Lipinski definition) is 3. The molecule has 1 aromatic heterocycles. The molecule has 0 aliphatic rings. The second kappa shape index (κ2) is 8.39. The first kappa shape index (κ1) is 18.5. The normalized spacial score (nSPS) is 12.0. The van der Waals surface area contributed by atoms with E-state index in [9.17, 15) is 4.79 Å². The highest BCUT2D eigenvalue weighted by atomic mass is 35.5. The van der Waals surface area contributed by atoms with Crippen LogP contribution in [-0.4, -0.2) is 10.9 Å². The van der Waals surface area contributed by atoms with Gasteiger partial charge in [0.25, 0.3) is 0 Å². The number of halogens is 2. The van der Waals surface area contributed by atoms with Gasteiger partial charge in [0, 0.05) is 28.5 Å². The van der Waals surface area contributed by atoms with E-state index in [-0.39, 0.29) is 18.4 Å². The average Bonchev–Trinajstić information content (AvgIpc) is 3.10. The number of amides is 1. The molecule has 0 spiro atoms. The number of oxazole rings is 1. The van der Waals surface area contributed by atoms with Gasteiger partial charge in [-0.15, -0.1) is 0 Å². The Kier molecular flexibility index (Phi) is 5.96. The molecule has 2 aromatic carbocycles. The molecule has 0 bridgehead atoms. The lowest BCUT2D eigenvalue weighted by atomic mass is 10.1. The van der Waals surface area contributed by atoms with Crippen LogP contribution in [0, 0.1) is 0 Å². The summed E-state index contributed by atoms with van der Waals surface area (Å²) < 4.78 is 5.71. The summed E-state index contributed by atoms with van der Waals surface area (Å²) in [5.41, 5.74) is 1.79. The predicted molar refractivity (Wildman–Crippen MR) is 103 cm³/mol. The molecular formula is C20H18Cl2N2O2. The maximum absolute atomic E-state index is 12.2. The summed E-state index contributed by atoms with van der Waals surface area (Å²) in [4.78, 5) is 16.4. The Bertz CT molecular complexity index is 891. The van der Waals surface area contributed by atoms with Crippen LogP contribution >= 0.6 is 23.2 Å². The molecule has 0 aliphatic heterocycles. The third-order valence-corrected chi connectivity index (χ3v) is 4.59. The molecule has 0 radical (unpaired) electrons. The maximum Gasteiger partial charge on any atom is 0.220 e. The van der Waals surface area contributed by atoms with E-state index in [0.29, 0.717) is 28.1 Å². The second-order valence-corrected chi connectivity index (χ2v) is 6.78. The Labute approximate surface area is 162 Å². The van der Waals surface area contributed by atoms with Gasteiger partial charge >= 0.3 is 0 Å². The smallest absolute Gasteiger partial charge is 0.220 e. The molecule has 1 atom stereocenters. The zero-order chi connectivity index (χ0) is 18.5. The van der Waals surface area contributed by atoms with E-state index in [1.54, 1.807) is 18.3 Å². The maximum atomic E-state index is 12.2. The van der Waals surface area contributed by atoms with Gasteiger partial charge in [0.2, 0.25) is 5.91 Å². The van der Waals surface area contributed by atoms with Crippen LogP contribution in [0.1, 0.15) is 30.8 Å². The molecule has 4 nitrogen and oxygen atoms in total. The van der Waals surface area contributed by atoms with Crippen LogP contribution < -0.4 is 5.32 Å². The summed E-state index contributed by atoms with van der Waals surface area (Å²) in [6.45, 7) is 1.91. The molecule has 1 heterocycles. The van der Waals surface area contributed by atoms with Crippen molar-refractivity contribution in [3.63, 3.8) is 0 Å². The van der Waals surface area contributed by atoms with Crippen LogP contribution in [0.4, 0.5) is 0 Å². The Hall–Kier alpha value is -2.30. The molecule has 1 amide bonds. The van der Waals surface area contributed by atoms with E-state index in [4.69, 9.17) is 27.6 Å². The third kappa shape index (κ3) is 4.65. The first-order valence-electron chi connectivity index (χ1n) is 8.27. The number of nitrogens with zero attached hydrogens (tertiary/aromatic N) is 1. The zero-order valence-electron chi connectivity index (χ0n) is 14.2. The SMILES string of the molecule is CC(NC(=O)CCc1ncc(-c2ccc(Cl)cc2)o1)c1ccccc1Cl. The van der Waals surface area contributed by atoms with Crippen LogP contribution in [0.2, 0.25) is 10.0 Å². The number of benzene rings is 2. The van der Waals surface area contributed by atoms with Crippen molar-refractivity contribution >= 4 is 29.1 Å². The van der Waals surface area contributed by atoms with Crippen LogP contribution in [0.25, 0.3) is 11.3 Å². The van der Waals surface area contributed by atoms with E-state index in [2.05, 4.69) is 10.3 Å². The fourth-order valence-corrected chi connectivity index (χ4v) is 3.04. The van der Waals surface area contributed by atoms with Crippen molar-refractivity contribution in [2.45, 2.75) is 25.8 Å². The van der Waals surface area contributed by atoms with Gasteiger partial charge in [-0.25, -0.2) is 4.98 Å². The number of rotatable bonds is 6. The second-order valence-electron chi connectivity index (χ2n) is 5.94. The summed E-state index contributed by atoms with van der Waals surface area (Å²) in [5, 5.41) is 4.25. The van der Waals surface area contributed by atoms with Crippen molar-refractivity contribution in [2.75, 3.05) is 0 Å². The number of hydrogen-bond donors (Lipinski definition) is 1. The lowest BCUT2D eigenvalue weighted by Crippen LogP contribution is -2.27. The largest absolute Gasteiger partial charge is 0.441 e. The van der Waals surface area contributed by atoms with Crippen molar-refractivity contribution in [3.05, 3.63) is 76.2 Å². The van der Waals surface area contributed by atoms with Crippen molar-refractivity contribution < 1.29 is 9.21 Å². The fraction of sp³-hybridized carbons (Fsp3) is 0.200. The molecule has 0 saturated heterocycles. The van der Waals surface area contributed by atoms with E-state index in [1.807, 2.05) is 43.3 Å². The number of aromatic nitrogens is 1. The topological polar surface area (TPSA) is 55.1 Å². The van der Waals surface area contributed by atoms with Gasteiger partial charge in [0.1, 0.15) is 0 Å². The summed E-state index contributed by atoms with van der Waals surface area (Å²) >= 11 is 12.0. The first-order chi connectivity index (χ1) is 12.5. The monoisotopic (exact) mass is 388 g/mol. The molecule has 0 aliphatic carbocycles. The van der Waals surface area contributed by atoms with E-state index in [1.165, 1.54) is 0 Å². The lowest BCUT2D eigenvalue weighted by molar-refractivity contribution is -0.121. The summed E-state index contributed by atoms with van der Waals surface area (Å²) in [5.74, 6) is 1.10. The third-order valence-electron chi connectivity index (χ3n) is 4.00. The van der Waals surface area contributed by atoms with Crippen LogP contribution in [0.5, 0.6) is 0 Å². The molecule has 26 heavy (non-hydrogen) atoms. The Morgan fingerprint density at radius 3 is 2.62 bits per heavy atom. The van der Waals surface area contributed by atoms with E-state index in [0.717, 1.165) is 11.1 Å². The predicted octanol–water partition coefficient (Wildman–Crippen LogP) is 5.46. The van der Waals surface area contributed by atoms with Crippen molar-refractivity contribution in [3.8, 4) is 11.3 Å². The highest BCUT2D eigenvalue weighted by molar-refractivity contribution is 6.31. The van der Waals surface area contributed by atoms with Crippen molar-refractivity contribution in [2.24, 2.45) is 0 Å². The summed E-state index contributed by atoms with van der Waals surface area (Å²) in [6.07, 6.45) is 2.37. The molecule has 1 unspecified atom stereocenters. The molecule has 3 rings (SSSR count). The lowest BCUT2D eigenvalue weighted by Gasteiger charge is -2.15. The average molecular weight is 389 g/mol. The number of nitrogens with one attached hydrogen (secondary N) is 1. The highest BCUT2D eigenvalue weighted by Crippen LogP contribution is 2.24. The Morgan fingerprint density at radius 2 is 1.88 bits per heavy atom. The van der Waals surface area contributed by atoms with E-state index < -0.39 is 0 Å². The van der Waals surface area contributed by atoms with E-state index >= 15 is 0 Å². The van der Waals surface area contributed by atoms with Gasteiger partial charge in [-0.05, 0) is 42.8 Å². The molecule has 134 valence electrons. The molecule has 3 aromatic rings. The Morgan fingerprint density at radius 1 is 1.15 bits per heavy atom. The zero-order valence-corrected chi connectivity index (χ0v) is 15.7. The van der Waals surface area contributed by atoms with Crippen LogP contribution in [0.3, 0.4) is 0 Å². The van der Waals surface area contributed by atoms with Crippen molar-refractivity contribution in [1.82, 2.24) is 10.3 Å². The van der Waals surface area contributed by atoms with Gasteiger partial charge < -0.3 is 9.73 Å². The quantitative estimate of drug-likeness (QED) is 0.609. The number of aryl methyl sites for hydroxylation is 1. The summed E-state index contributed by atoms with van der Waals surface area (Å²) in [7, 11) is 0. The summed E-state index contributed by atoms with van der Waals surface area (Å²) in [6, 6.07) is 14.6. The molecule has 1 N–H and O–H groups in total. The Balaban J connectivity index is 1.55. The minimum absolute atomic E-state index is 0.0799. The van der Waals surface area contributed by atoms with Crippen LogP contribution in [0.15, 0.2) is 59.1 Å². The number of carbonyl (C=O) groups excluding carboxylic acids is 1. The van der Waals surface area contributed by atoms with Gasteiger partial charge in [-0.1, -0.05) is 41.4 Å². The van der Waals surface area contributed by atoms with Crippen LogP contribution in [-0.2, 0) is 11.2 Å². The molecule has 6 heteroatoms. The first-order valence-corrected chi connectivity index (χ1v) is 9.03. The van der Waals surface area contributed by atoms with Gasteiger partial charge in [0.15, 0.2) is 11.7 Å². The number of carbonyl (C=O) groups is 1. The molecule has 0 saturated carbocycles. The minimum atomic E-state index is -0.162. The fourth-order valence-electron chi connectivity index (χ4n) is 2.61. The van der Waals surface area contributed by atoms with Gasteiger partial charge in [-0.3, -0.25) is 4.79 Å². The van der Waals surface area contributed by atoms with Gasteiger partial charge in [0.05, 0.1) is 12.2 Å². The van der Waals surface area contributed by atoms with Gasteiger partial charge in [-0.2, -0.15) is 0 Å². The minimum Gasteiger partial charge on any atom is -0.441 e. The molecule has 0 fully saturated rings. The van der Waals surface area contributed by atoms with Crippen molar-refractivity contribution in [1.29, 1.82) is 0 Å². The highest BCUT2D eigenvalue weighted by Gasteiger charge is 2.13. The standard InChI is InChI=1S/C20H18Cl2N2O2/c1-13(16-4-2-3-5-17(16)22)24-19(25)10-11-20-23-12-18(26-20)14-6-8-15(21)9-7-14/h2-9,12-13H,10-11H2,1H3,(H,24,25). The molecular weight excluding hydrogens is 371 g/mol.